The molecule has 26 heavy (non-hydrogen) atoms. The molecule has 2 heterocycles. The largest absolute Gasteiger partial charge is 0.346 e. The summed E-state index contributed by atoms with van der Waals surface area (Å²) in [5, 5.41) is 24.4. The maximum atomic E-state index is 12.2. The molecule has 3 aromatic rings. The number of rotatable bonds is 5. The molecule has 0 bridgehead atoms. The van der Waals surface area contributed by atoms with Crippen LogP contribution in [0, 0.1) is 27.2 Å². The SMILES string of the molecule is Cc1ccc2nc(CNC(=O)c3cc([N+](=O)[O-])cc([N+](=O)[O-])c3)cn2c1. The summed E-state index contributed by atoms with van der Waals surface area (Å²) in [5.41, 5.74) is 1.15. The van der Waals surface area contributed by atoms with E-state index in [9.17, 15) is 25.0 Å². The first-order valence-corrected chi connectivity index (χ1v) is 7.50. The number of nitrogens with zero attached hydrogens (tertiary/aromatic N) is 4. The van der Waals surface area contributed by atoms with Gasteiger partial charge in [-0.15, -0.1) is 0 Å². The van der Waals surface area contributed by atoms with E-state index < -0.39 is 27.1 Å². The van der Waals surface area contributed by atoms with Gasteiger partial charge in [-0.1, -0.05) is 6.07 Å². The van der Waals surface area contributed by atoms with Gasteiger partial charge in [0.25, 0.3) is 17.3 Å². The number of carbonyl (C=O) groups excluding carboxylic acids is 1. The summed E-state index contributed by atoms with van der Waals surface area (Å²) in [6, 6.07) is 6.55. The zero-order valence-electron chi connectivity index (χ0n) is 13.6. The fourth-order valence-corrected chi connectivity index (χ4v) is 2.45. The molecule has 0 saturated carbocycles. The monoisotopic (exact) mass is 355 g/mol. The number of nitro groups is 2. The second-order valence-electron chi connectivity index (χ2n) is 5.64. The standard InChI is InChI=1S/C16H13N5O5/c1-10-2-3-15-18-12(9-19(15)8-10)7-17-16(22)11-4-13(20(23)24)6-14(5-11)21(25)26/h2-6,8-9H,7H2,1H3,(H,17,22). The van der Waals surface area contributed by atoms with Gasteiger partial charge in [-0.2, -0.15) is 0 Å². The summed E-state index contributed by atoms with van der Waals surface area (Å²) >= 11 is 0. The lowest BCUT2D eigenvalue weighted by molar-refractivity contribution is -0.394. The molecule has 0 saturated heterocycles. The first kappa shape index (κ1) is 17.0. The van der Waals surface area contributed by atoms with E-state index in [2.05, 4.69) is 10.3 Å². The highest BCUT2D eigenvalue weighted by atomic mass is 16.6. The van der Waals surface area contributed by atoms with Gasteiger partial charge < -0.3 is 9.72 Å². The molecule has 0 radical (unpaired) electrons. The van der Waals surface area contributed by atoms with Crippen molar-refractivity contribution < 1.29 is 14.6 Å². The minimum Gasteiger partial charge on any atom is -0.346 e. The molecule has 0 aliphatic heterocycles. The van der Waals surface area contributed by atoms with Crippen molar-refractivity contribution in [3.8, 4) is 0 Å². The van der Waals surface area contributed by atoms with Crippen molar-refractivity contribution in [3.05, 3.63) is 79.8 Å². The number of nitrogens with one attached hydrogen (secondary N) is 1. The number of aromatic nitrogens is 2. The van der Waals surface area contributed by atoms with E-state index in [0.717, 1.165) is 23.8 Å². The van der Waals surface area contributed by atoms with E-state index in [0.29, 0.717) is 11.3 Å². The molecule has 0 aliphatic carbocycles. The molecule has 10 heteroatoms. The summed E-state index contributed by atoms with van der Waals surface area (Å²) in [4.78, 5) is 36.8. The quantitative estimate of drug-likeness (QED) is 0.552. The number of nitro benzene ring substituents is 2. The molecule has 0 unspecified atom stereocenters. The van der Waals surface area contributed by atoms with Crippen LogP contribution in [0.5, 0.6) is 0 Å². The number of pyridine rings is 1. The van der Waals surface area contributed by atoms with Gasteiger partial charge in [0.2, 0.25) is 0 Å². The minimum absolute atomic E-state index is 0.0794. The third-order valence-electron chi connectivity index (χ3n) is 3.67. The Hall–Kier alpha value is -3.82. The zero-order chi connectivity index (χ0) is 18.8. The molecule has 0 spiro atoms. The van der Waals surface area contributed by atoms with Gasteiger partial charge >= 0.3 is 0 Å². The number of aryl methyl sites for hydroxylation is 1. The molecule has 132 valence electrons. The second-order valence-corrected chi connectivity index (χ2v) is 5.64. The van der Waals surface area contributed by atoms with Crippen LogP contribution in [0.25, 0.3) is 5.65 Å². The number of carbonyl (C=O) groups is 1. The lowest BCUT2D eigenvalue weighted by atomic mass is 10.1. The van der Waals surface area contributed by atoms with Crippen LogP contribution in [0.1, 0.15) is 21.6 Å². The Labute approximate surface area is 146 Å². The van der Waals surface area contributed by atoms with Crippen molar-refractivity contribution in [2.45, 2.75) is 13.5 Å². The highest BCUT2D eigenvalue weighted by molar-refractivity contribution is 5.95. The number of non-ortho nitro benzene ring substituents is 2. The van der Waals surface area contributed by atoms with E-state index in [1.165, 1.54) is 0 Å². The van der Waals surface area contributed by atoms with Crippen molar-refractivity contribution in [2.24, 2.45) is 0 Å². The van der Waals surface area contributed by atoms with Gasteiger partial charge in [0.1, 0.15) is 5.65 Å². The Balaban J connectivity index is 1.80. The maximum absolute atomic E-state index is 12.2. The van der Waals surface area contributed by atoms with E-state index in [1.807, 2.05) is 29.7 Å². The number of fused-ring (bicyclic) bond motifs is 1. The topological polar surface area (TPSA) is 133 Å². The van der Waals surface area contributed by atoms with Crippen LogP contribution in [-0.2, 0) is 6.54 Å². The summed E-state index contributed by atoms with van der Waals surface area (Å²) in [6.07, 6.45) is 3.63. The van der Waals surface area contributed by atoms with Crippen molar-refractivity contribution in [2.75, 3.05) is 0 Å². The van der Waals surface area contributed by atoms with Crippen molar-refractivity contribution in [3.63, 3.8) is 0 Å². The molecular weight excluding hydrogens is 342 g/mol. The van der Waals surface area contributed by atoms with Crippen molar-refractivity contribution in [1.82, 2.24) is 14.7 Å². The Morgan fingerprint density at radius 2 is 1.77 bits per heavy atom. The Morgan fingerprint density at radius 3 is 2.38 bits per heavy atom. The Bertz CT molecular complexity index is 1010. The molecule has 3 rings (SSSR count). The van der Waals surface area contributed by atoms with Gasteiger partial charge in [0.05, 0.1) is 33.7 Å². The lowest BCUT2D eigenvalue weighted by Crippen LogP contribution is -2.23. The summed E-state index contributed by atoms with van der Waals surface area (Å²) in [5.74, 6) is -0.662. The molecule has 0 aliphatic rings. The molecule has 1 N–H and O–H groups in total. The third kappa shape index (κ3) is 3.48. The molecule has 1 aromatic carbocycles. The predicted octanol–water partition coefficient (Wildman–Crippen LogP) is 2.39. The maximum Gasteiger partial charge on any atom is 0.277 e. The fourth-order valence-electron chi connectivity index (χ4n) is 2.45. The van der Waals surface area contributed by atoms with Crippen LogP contribution in [0.4, 0.5) is 11.4 Å². The minimum atomic E-state index is -0.784. The van der Waals surface area contributed by atoms with Crippen LogP contribution < -0.4 is 5.32 Å². The van der Waals surface area contributed by atoms with Crippen molar-refractivity contribution >= 4 is 22.9 Å². The first-order chi connectivity index (χ1) is 12.3. The number of hydrogen-bond donors (Lipinski definition) is 1. The van der Waals surface area contributed by atoms with E-state index >= 15 is 0 Å². The highest BCUT2D eigenvalue weighted by Gasteiger charge is 2.19. The molecule has 0 atom stereocenters. The molecule has 10 nitrogen and oxygen atoms in total. The van der Waals surface area contributed by atoms with Crippen LogP contribution in [0.3, 0.4) is 0 Å². The number of imidazole rings is 1. The van der Waals surface area contributed by atoms with Gasteiger partial charge in [0.15, 0.2) is 0 Å². The normalized spacial score (nSPS) is 10.7. The van der Waals surface area contributed by atoms with E-state index in [-0.39, 0.29) is 12.1 Å². The Morgan fingerprint density at radius 1 is 1.12 bits per heavy atom. The van der Waals surface area contributed by atoms with Gasteiger partial charge in [0, 0.05) is 24.5 Å². The fraction of sp³-hybridized carbons (Fsp3) is 0.125. The molecular formula is C16H13N5O5. The number of hydrogen-bond acceptors (Lipinski definition) is 6. The van der Waals surface area contributed by atoms with Gasteiger partial charge in [-0.3, -0.25) is 25.0 Å². The summed E-state index contributed by atoms with van der Waals surface area (Å²) in [7, 11) is 0. The Kier molecular flexibility index (Phi) is 4.31. The average Bonchev–Trinajstić information content (AvgIpc) is 3.01. The first-order valence-electron chi connectivity index (χ1n) is 7.50. The highest BCUT2D eigenvalue weighted by Crippen LogP contribution is 2.22. The number of amides is 1. The van der Waals surface area contributed by atoms with Gasteiger partial charge in [-0.05, 0) is 18.6 Å². The molecule has 1 amide bonds. The van der Waals surface area contributed by atoms with Crippen LogP contribution in [0.2, 0.25) is 0 Å². The summed E-state index contributed by atoms with van der Waals surface area (Å²) < 4.78 is 1.81. The van der Waals surface area contributed by atoms with E-state index in [4.69, 9.17) is 0 Å². The zero-order valence-corrected chi connectivity index (χ0v) is 13.6. The van der Waals surface area contributed by atoms with Crippen molar-refractivity contribution in [1.29, 1.82) is 0 Å². The second kappa shape index (κ2) is 6.59. The van der Waals surface area contributed by atoms with Gasteiger partial charge in [-0.25, -0.2) is 4.98 Å². The average molecular weight is 355 g/mol. The van der Waals surface area contributed by atoms with Crippen LogP contribution in [-0.4, -0.2) is 25.1 Å². The summed E-state index contributed by atoms with van der Waals surface area (Å²) in [6.45, 7) is 2.02. The molecule has 2 aromatic heterocycles. The lowest BCUT2D eigenvalue weighted by Gasteiger charge is -2.03. The van der Waals surface area contributed by atoms with Crippen LogP contribution in [0.15, 0.2) is 42.7 Å². The van der Waals surface area contributed by atoms with Crippen LogP contribution >= 0.6 is 0 Å². The predicted molar refractivity (Wildman–Crippen MR) is 90.8 cm³/mol. The molecule has 0 fully saturated rings. The van der Waals surface area contributed by atoms with E-state index in [1.54, 1.807) is 6.20 Å². The number of benzene rings is 1. The third-order valence-corrected chi connectivity index (χ3v) is 3.67. The smallest absolute Gasteiger partial charge is 0.277 e.